The molecule has 27 heavy (non-hydrogen) atoms. The molecule has 4 aliphatic carbocycles. The number of rotatable bonds is 4. The molecule has 1 N–H and O–H groups in total. The fourth-order valence-corrected chi connectivity index (χ4v) is 7.05. The summed E-state index contributed by atoms with van der Waals surface area (Å²) in [5, 5.41) is 9.64. The van der Waals surface area contributed by atoms with Gasteiger partial charge in [-0.2, -0.15) is 0 Å². The van der Waals surface area contributed by atoms with Crippen LogP contribution in [-0.4, -0.2) is 42.2 Å². The van der Waals surface area contributed by atoms with Crippen LogP contribution in [0.25, 0.3) is 0 Å². The first-order chi connectivity index (χ1) is 13.0. The second kappa shape index (κ2) is 6.23. The molecule has 5 fully saturated rings. The van der Waals surface area contributed by atoms with Crippen LogP contribution in [-0.2, 0) is 10.2 Å². The number of hydrogen-bond acceptors (Lipinski definition) is 3. The van der Waals surface area contributed by atoms with E-state index in [1.165, 1.54) is 31.2 Å². The molecule has 1 aromatic carbocycles. The van der Waals surface area contributed by atoms with Crippen molar-refractivity contribution in [1.29, 1.82) is 0 Å². The predicted molar refractivity (Wildman–Crippen MR) is 103 cm³/mol. The number of methoxy groups -OCH3 is 1. The summed E-state index contributed by atoms with van der Waals surface area (Å²) in [7, 11) is 1.70. The number of aliphatic hydroxyl groups is 1. The third kappa shape index (κ3) is 2.55. The zero-order valence-electron chi connectivity index (χ0n) is 16.4. The van der Waals surface area contributed by atoms with Gasteiger partial charge in [-0.3, -0.25) is 4.79 Å². The van der Waals surface area contributed by atoms with E-state index in [0.29, 0.717) is 31.3 Å². The summed E-state index contributed by atoms with van der Waals surface area (Å²) < 4.78 is 5.38. The average molecular weight is 370 g/mol. The number of aliphatic hydroxyl groups excluding tert-OH is 1. The molecule has 1 aliphatic heterocycles. The maximum absolute atomic E-state index is 13.1. The zero-order valence-corrected chi connectivity index (χ0v) is 16.4. The molecule has 4 bridgehead atoms. The number of benzene rings is 1. The predicted octanol–water partition coefficient (Wildman–Crippen LogP) is 3.23. The normalized spacial score (nSPS) is 40.1. The van der Waals surface area contributed by atoms with Crippen molar-refractivity contribution in [2.24, 2.45) is 29.6 Å². The van der Waals surface area contributed by atoms with E-state index in [4.69, 9.17) is 4.74 Å². The van der Waals surface area contributed by atoms with Crippen LogP contribution >= 0.6 is 0 Å². The quantitative estimate of drug-likeness (QED) is 0.886. The molecular formula is C23H31NO3. The van der Waals surface area contributed by atoms with Crippen molar-refractivity contribution in [2.45, 2.75) is 50.5 Å². The number of amides is 1. The van der Waals surface area contributed by atoms with E-state index in [-0.39, 0.29) is 17.4 Å². The first kappa shape index (κ1) is 17.5. The second-order valence-corrected chi connectivity index (χ2v) is 9.61. The van der Waals surface area contributed by atoms with Gasteiger partial charge in [0, 0.05) is 24.9 Å². The molecule has 146 valence electrons. The van der Waals surface area contributed by atoms with Gasteiger partial charge < -0.3 is 14.7 Å². The van der Waals surface area contributed by atoms with Gasteiger partial charge in [-0.25, -0.2) is 0 Å². The van der Waals surface area contributed by atoms with Crippen molar-refractivity contribution < 1.29 is 14.6 Å². The molecule has 1 saturated heterocycles. The average Bonchev–Trinajstić information content (AvgIpc) is 2.64. The van der Waals surface area contributed by atoms with Gasteiger partial charge in [0.05, 0.1) is 13.2 Å². The molecule has 5 aliphatic rings. The number of hydrogen-bond donors (Lipinski definition) is 1. The maximum atomic E-state index is 13.1. The van der Waals surface area contributed by atoms with Gasteiger partial charge in [0.1, 0.15) is 5.75 Å². The van der Waals surface area contributed by atoms with Crippen molar-refractivity contribution in [2.75, 3.05) is 20.2 Å². The van der Waals surface area contributed by atoms with Gasteiger partial charge in [0.2, 0.25) is 5.91 Å². The minimum absolute atomic E-state index is 0.0307. The Balaban J connectivity index is 1.51. The third-order valence-electron chi connectivity index (χ3n) is 8.58. The Morgan fingerprint density at radius 3 is 2.15 bits per heavy atom. The zero-order chi connectivity index (χ0) is 18.8. The molecule has 0 radical (unpaired) electrons. The maximum Gasteiger partial charge on any atom is 0.223 e. The highest BCUT2D eigenvalue weighted by Gasteiger charge is 2.60. The Morgan fingerprint density at radius 1 is 1.11 bits per heavy atom. The smallest absolute Gasteiger partial charge is 0.223 e. The van der Waals surface area contributed by atoms with E-state index in [1.54, 1.807) is 7.11 Å². The van der Waals surface area contributed by atoms with Gasteiger partial charge in [0.15, 0.2) is 0 Å². The lowest BCUT2D eigenvalue weighted by Gasteiger charge is -2.64. The molecule has 0 unspecified atom stereocenters. The van der Waals surface area contributed by atoms with Gasteiger partial charge in [0.25, 0.3) is 0 Å². The number of ether oxygens (including phenoxy) is 1. The number of likely N-dealkylation sites (tertiary alicyclic amines) is 1. The molecule has 1 amide bonds. The summed E-state index contributed by atoms with van der Waals surface area (Å²) in [5.41, 5.74) is 1.30. The largest absolute Gasteiger partial charge is 0.497 e. The Kier molecular flexibility index (Phi) is 4.05. The van der Waals surface area contributed by atoms with Gasteiger partial charge >= 0.3 is 0 Å². The summed E-state index contributed by atoms with van der Waals surface area (Å²) in [6.45, 7) is 3.47. The molecule has 6 rings (SSSR count). The van der Waals surface area contributed by atoms with Gasteiger partial charge in [-0.1, -0.05) is 19.1 Å². The third-order valence-corrected chi connectivity index (χ3v) is 8.58. The summed E-state index contributed by atoms with van der Waals surface area (Å²) in [6.07, 6.45) is 5.37. The lowest BCUT2D eigenvalue weighted by atomic mass is 9.41. The van der Waals surface area contributed by atoms with Crippen molar-refractivity contribution in [3.63, 3.8) is 0 Å². The highest BCUT2D eigenvalue weighted by molar-refractivity contribution is 5.79. The minimum atomic E-state index is -0.328. The SMILES string of the molecule is COc1ccc(C2(CC(=O)N3CC(O)C3)C3CC4CC2CC(C3)C4C)cc1. The van der Waals surface area contributed by atoms with Crippen molar-refractivity contribution >= 4 is 5.91 Å². The van der Waals surface area contributed by atoms with E-state index < -0.39 is 0 Å². The van der Waals surface area contributed by atoms with E-state index >= 15 is 0 Å². The molecule has 4 nitrogen and oxygen atoms in total. The van der Waals surface area contributed by atoms with Crippen molar-refractivity contribution in [3.05, 3.63) is 29.8 Å². The standard InChI is InChI=1S/C23H31NO3/c1-14-15-7-18-9-16(14)10-19(8-15)23(18,11-22(26)24-12-20(25)13-24)17-3-5-21(27-2)6-4-17/h3-6,14-16,18-20,25H,7-13H2,1-2H3. The summed E-state index contributed by atoms with van der Waals surface area (Å²) in [6, 6.07) is 8.54. The topological polar surface area (TPSA) is 49.8 Å². The molecule has 1 aromatic rings. The van der Waals surface area contributed by atoms with Gasteiger partial charge in [-0.15, -0.1) is 0 Å². The second-order valence-electron chi connectivity index (χ2n) is 9.61. The minimum Gasteiger partial charge on any atom is -0.497 e. The van der Waals surface area contributed by atoms with Crippen LogP contribution in [0.2, 0.25) is 0 Å². The summed E-state index contributed by atoms with van der Waals surface area (Å²) >= 11 is 0. The lowest BCUT2D eigenvalue weighted by molar-refractivity contribution is -0.151. The Bertz CT molecular complexity index is 692. The molecule has 4 heteroatoms. The van der Waals surface area contributed by atoms with Crippen LogP contribution < -0.4 is 4.74 Å². The Hall–Kier alpha value is -1.55. The van der Waals surface area contributed by atoms with Crippen molar-refractivity contribution in [1.82, 2.24) is 4.90 Å². The highest BCUT2D eigenvalue weighted by Crippen LogP contribution is 2.65. The molecule has 0 aromatic heterocycles. The molecule has 4 saturated carbocycles. The molecular weight excluding hydrogens is 338 g/mol. The Morgan fingerprint density at radius 2 is 1.67 bits per heavy atom. The van der Waals surface area contributed by atoms with Crippen LogP contribution in [0.3, 0.4) is 0 Å². The van der Waals surface area contributed by atoms with E-state index in [0.717, 1.165) is 23.5 Å². The van der Waals surface area contributed by atoms with Gasteiger partial charge in [-0.05, 0) is 73.0 Å². The molecule has 0 atom stereocenters. The summed E-state index contributed by atoms with van der Waals surface area (Å²) in [4.78, 5) is 15.0. The Labute approximate surface area is 161 Å². The fourth-order valence-electron chi connectivity index (χ4n) is 7.05. The number of β-amino-alcohol motifs (C(OH)–C–C–N with tert-alkyl or cyclic N) is 1. The number of carbonyl (C=O) groups is 1. The van der Waals surface area contributed by atoms with Crippen LogP contribution in [0.1, 0.15) is 44.6 Å². The monoisotopic (exact) mass is 369 g/mol. The van der Waals surface area contributed by atoms with Crippen LogP contribution in [0, 0.1) is 29.6 Å². The van der Waals surface area contributed by atoms with Crippen LogP contribution in [0.15, 0.2) is 24.3 Å². The van der Waals surface area contributed by atoms with E-state index in [9.17, 15) is 9.90 Å². The number of nitrogens with zero attached hydrogens (tertiary/aromatic N) is 1. The lowest BCUT2D eigenvalue weighted by Crippen LogP contribution is -2.61. The molecule has 1 heterocycles. The van der Waals surface area contributed by atoms with Crippen molar-refractivity contribution in [3.8, 4) is 5.75 Å². The van der Waals surface area contributed by atoms with Crippen LogP contribution in [0.4, 0.5) is 0 Å². The summed E-state index contributed by atoms with van der Waals surface area (Å²) in [5.74, 6) is 4.88. The first-order valence-electron chi connectivity index (χ1n) is 10.6. The van der Waals surface area contributed by atoms with Crippen LogP contribution in [0.5, 0.6) is 5.75 Å². The van der Waals surface area contributed by atoms with E-state index in [1.807, 2.05) is 4.90 Å². The van der Waals surface area contributed by atoms with E-state index in [2.05, 4.69) is 31.2 Å². The number of carbonyl (C=O) groups excluding carboxylic acids is 1. The molecule has 0 spiro atoms. The first-order valence-corrected chi connectivity index (χ1v) is 10.6. The highest BCUT2D eigenvalue weighted by atomic mass is 16.5. The fraction of sp³-hybridized carbons (Fsp3) is 0.696.